The summed E-state index contributed by atoms with van der Waals surface area (Å²) in [6.07, 6.45) is 0.543. The number of carboxylic acids is 2. The van der Waals surface area contributed by atoms with Gasteiger partial charge in [-0.2, -0.15) is 0 Å². The summed E-state index contributed by atoms with van der Waals surface area (Å²) < 4.78 is 0. The molecule has 0 spiro atoms. The topological polar surface area (TPSA) is 214 Å². The Morgan fingerprint density at radius 1 is 0.781 bits per heavy atom. The van der Waals surface area contributed by atoms with Crippen molar-refractivity contribution in [2.45, 2.75) is 77.5 Å². The van der Waals surface area contributed by atoms with Gasteiger partial charge in [-0.15, -0.1) is 0 Å². The maximum Gasteiger partial charge on any atom is 0.326 e. The second-order valence-electron chi connectivity index (χ2n) is 8.34. The largest absolute Gasteiger partial charge is 0.481 e. The number of carboxylic acid groups (broad SMARTS) is 2. The quantitative estimate of drug-likeness (QED) is 0.146. The van der Waals surface area contributed by atoms with E-state index in [2.05, 4.69) is 16.0 Å². The molecule has 0 aliphatic rings. The number of nitrogens with two attached hydrogens (primary N) is 2. The molecule has 12 heteroatoms. The van der Waals surface area contributed by atoms with Gasteiger partial charge in [-0.1, -0.05) is 27.7 Å². The van der Waals surface area contributed by atoms with Crippen LogP contribution in [0.2, 0.25) is 0 Å². The molecule has 0 aliphatic heterocycles. The van der Waals surface area contributed by atoms with Crippen LogP contribution in [0.3, 0.4) is 0 Å². The molecule has 0 aromatic heterocycles. The van der Waals surface area contributed by atoms with Crippen LogP contribution in [0.5, 0.6) is 0 Å². The lowest BCUT2D eigenvalue weighted by Gasteiger charge is -2.27. The Morgan fingerprint density at radius 2 is 1.34 bits per heavy atom. The summed E-state index contributed by atoms with van der Waals surface area (Å²) in [5.74, 6) is -5.56. The molecule has 0 aliphatic carbocycles. The highest BCUT2D eigenvalue weighted by Gasteiger charge is 2.33. The van der Waals surface area contributed by atoms with Crippen LogP contribution in [0, 0.1) is 11.8 Å². The minimum atomic E-state index is -1.46. The lowest BCUT2D eigenvalue weighted by atomic mass is 10.0. The van der Waals surface area contributed by atoms with E-state index in [9.17, 15) is 29.1 Å². The number of rotatable bonds is 15. The van der Waals surface area contributed by atoms with Gasteiger partial charge in [-0.25, -0.2) is 4.79 Å². The molecule has 0 saturated carbocycles. The van der Waals surface area contributed by atoms with E-state index in [1.165, 1.54) is 0 Å². The maximum absolute atomic E-state index is 12.7. The molecule has 9 N–H and O–H groups in total. The standard InChI is InChI=1S/C20H37N5O7/c1-10(2)15(22)18(29)24-13(9-14(26)27)17(28)25-16(11(3)4)19(30)23-12(20(31)32)7-5-6-8-21/h10-13,15-16H,5-9,21-22H2,1-4H3,(H,23,30)(H,24,29)(H,25,28)(H,26,27)(H,31,32). The predicted molar refractivity (Wildman–Crippen MR) is 116 cm³/mol. The lowest BCUT2D eigenvalue weighted by molar-refractivity contribution is -0.143. The second-order valence-corrected chi connectivity index (χ2v) is 8.34. The molecule has 184 valence electrons. The fourth-order valence-electron chi connectivity index (χ4n) is 2.76. The van der Waals surface area contributed by atoms with Gasteiger partial charge >= 0.3 is 11.9 Å². The fraction of sp³-hybridized carbons (Fsp3) is 0.750. The molecule has 0 fully saturated rings. The van der Waals surface area contributed by atoms with Crippen molar-refractivity contribution >= 4 is 29.7 Å². The molecule has 4 unspecified atom stereocenters. The number of carbonyl (C=O) groups excluding carboxylic acids is 3. The maximum atomic E-state index is 12.7. The first-order valence-electron chi connectivity index (χ1n) is 10.6. The molecular weight excluding hydrogens is 422 g/mol. The first-order valence-corrected chi connectivity index (χ1v) is 10.6. The monoisotopic (exact) mass is 459 g/mol. The van der Waals surface area contributed by atoms with Crippen LogP contribution >= 0.6 is 0 Å². The normalized spacial score (nSPS) is 14.9. The Labute approximate surface area is 187 Å². The van der Waals surface area contributed by atoms with Crippen LogP contribution in [0.25, 0.3) is 0 Å². The number of amides is 3. The van der Waals surface area contributed by atoms with Gasteiger partial charge in [0, 0.05) is 0 Å². The zero-order valence-electron chi connectivity index (χ0n) is 19.1. The van der Waals surface area contributed by atoms with Crippen LogP contribution in [-0.2, 0) is 24.0 Å². The number of unbranched alkanes of at least 4 members (excludes halogenated alkanes) is 1. The average Bonchev–Trinajstić information content (AvgIpc) is 2.68. The fourth-order valence-corrected chi connectivity index (χ4v) is 2.76. The summed E-state index contributed by atoms with van der Waals surface area (Å²) in [6, 6.07) is -4.72. The van der Waals surface area contributed by atoms with Gasteiger partial charge in [0.1, 0.15) is 18.1 Å². The van der Waals surface area contributed by atoms with E-state index in [4.69, 9.17) is 16.6 Å². The van der Waals surface area contributed by atoms with E-state index in [1.54, 1.807) is 27.7 Å². The first kappa shape index (κ1) is 29.3. The summed E-state index contributed by atoms with van der Waals surface area (Å²) in [6.45, 7) is 7.05. The number of hydrogen-bond acceptors (Lipinski definition) is 7. The van der Waals surface area contributed by atoms with Gasteiger partial charge in [0.15, 0.2) is 0 Å². The zero-order valence-corrected chi connectivity index (χ0v) is 19.1. The Hall–Kier alpha value is -2.73. The summed E-state index contributed by atoms with van der Waals surface area (Å²) in [5.41, 5.74) is 11.2. The Bertz CT molecular complexity index is 669. The molecule has 0 radical (unpaired) electrons. The molecule has 32 heavy (non-hydrogen) atoms. The number of hydrogen-bond donors (Lipinski definition) is 7. The van der Waals surface area contributed by atoms with Crippen LogP contribution in [0.15, 0.2) is 0 Å². The third kappa shape index (κ3) is 10.5. The minimum absolute atomic E-state index is 0.168. The SMILES string of the molecule is CC(C)C(N)C(=O)NC(CC(=O)O)C(=O)NC(C(=O)NC(CCCCN)C(=O)O)C(C)C. The Balaban J connectivity index is 5.39. The minimum Gasteiger partial charge on any atom is -0.481 e. The van der Waals surface area contributed by atoms with Crippen LogP contribution in [0.1, 0.15) is 53.4 Å². The van der Waals surface area contributed by atoms with Crippen molar-refractivity contribution in [2.24, 2.45) is 23.3 Å². The van der Waals surface area contributed by atoms with Gasteiger partial charge < -0.3 is 37.6 Å². The molecule has 0 heterocycles. The molecule has 0 aromatic rings. The van der Waals surface area contributed by atoms with Crippen LogP contribution in [0.4, 0.5) is 0 Å². The molecule has 3 amide bonds. The molecule has 4 atom stereocenters. The smallest absolute Gasteiger partial charge is 0.326 e. The van der Waals surface area contributed by atoms with Crippen molar-refractivity contribution in [2.75, 3.05) is 6.54 Å². The second kappa shape index (κ2) is 14.4. The Morgan fingerprint density at radius 3 is 1.78 bits per heavy atom. The lowest BCUT2D eigenvalue weighted by Crippen LogP contribution is -2.59. The van der Waals surface area contributed by atoms with E-state index < -0.39 is 66.2 Å². The summed E-state index contributed by atoms with van der Waals surface area (Å²) in [7, 11) is 0. The van der Waals surface area contributed by atoms with Crippen molar-refractivity contribution in [1.29, 1.82) is 0 Å². The summed E-state index contributed by atoms with van der Waals surface area (Å²) >= 11 is 0. The third-order valence-corrected chi connectivity index (χ3v) is 4.84. The van der Waals surface area contributed by atoms with Crippen molar-refractivity contribution in [3.8, 4) is 0 Å². The van der Waals surface area contributed by atoms with Crippen molar-refractivity contribution in [3.63, 3.8) is 0 Å². The van der Waals surface area contributed by atoms with E-state index in [0.717, 1.165) is 0 Å². The average molecular weight is 460 g/mol. The van der Waals surface area contributed by atoms with Crippen molar-refractivity contribution in [3.05, 3.63) is 0 Å². The van der Waals surface area contributed by atoms with Crippen molar-refractivity contribution in [1.82, 2.24) is 16.0 Å². The molecule has 0 saturated heterocycles. The summed E-state index contributed by atoms with van der Waals surface area (Å²) in [5, 5.41) is 25.6. The predicted octanol–water partition coefficient (Wildman–Crippen LogP) is -1.23. The van der Waals surface area contributed by atoms with Crippen LogP contribution in [-0.4, -0.2) is 70.6 Å². The van der Waals surface area contributed by atoms with Gasteiger partial charge in [0.2, 0.25) is 17.7 Å². The van der Waals surface area contributed by atoms with Gasteiger partial charge in [0.05, 0.1) is 12.5 Å². The van der Waals surface area contributed by atoms with E-state index in [0.29, 0.717) is 19.4 Å². The highest BCUT2D eigenvalue weighted by molar-refractivity contribution is 5.95. The highest BCUT2D eigenvalue weighted by atomic mass is 16.4. The Kier molecular flexibility index (Phi) is 13.1. The number of carbonyl (C=O) groups is 5. The summed E-state index contributed by atoms with van der Waals surface area (Å²) in [4.78, 5) is 60.3. The third-order valence-electron chi connectivity index (χ3n) is 4.84. The first-order chi connectivity index (χ1) is 14.8. The van der Waals surface area contributed by atoms with E-state index in [-0.39, 0.29) is 12.3 Å². The highest BCUT2D eigenvalue weighted by Crippen LogP contribution is 2.08. The number of nitrogens with one attached hydrogen (secondary N) is 3. The molecule has 0 bridgehead atoms. The van der Waals surface area contributed by atoms with Crippen LogP contribution < -0.4 is 27.4 Å². The molecule has 0 aromatic carbocycles. The zero-order chi connectivity index (χ0) is 25.0. The van der Waals surface area contributed by atoms with Gasteiger partial charge in [-0.3, -0.25) is 19.2 Å². The molecular formula is C20H37N5O7. The van der Waals surface area contributed by atoms with Crippen molar-refractivity contribution < 1.29 is 34.2 Å². The molecule has 12 nitrogen and oxygen atoms in total. The van der Waals surface area contributed by atoms with Gasteiger partial charge in [-0.05, 0) is 37.6 Å². The number of aliphatic carboxylic acids is 2. The van der Waals surface area contributed by atoms with E-state index in [1.807, 2.05) is 0 Å². The van der Waals surface area contributed by atoms with E-state index >= 15 is 0 Å². The molecule has 0 rings (SSSR count). The van der Waals surface area contributed by atoms with Gasteiger partial charge in [0.25, 0.3) is 0 Å².